The van der Waals surface area contributed by atoms with Crippen LogP contribution in [0.2, 0.25) is 0 Å². The molecule has 3 radical (unpaired) electrons. The zero-order valence-electron chi connectivity index (χ0n) is 18.0. The molecule has 0 amide bonds. The summed E-state index contributed by atoms with van der Waals surface area (Å²) in [5.41, 5.74) is -0.0949. The lowest BCUT2D eigenvalue weighted by molar-refractivity contribution is 0.0740. The third-order valence-electron chi connectivity index (χ3n) is 5.37. The van der Waals surface area contributed by atoms with Crippen molar-refractivity contribution < 1.29 is 4.43 Å². The van der Waals surface area contributed by atoms with Gasteiger partial charge in [-0.25, -0.2) is 0 Å². The van der Waals surface area contributed by atoms with E-state index in [1.54, 1.807) is 0 Å². The Hall–Kier alpha value is 0.137. The van der Waals surface area contributed by atoms with E-state index in [4.69, 9.17) is 4.43 Å². The Morgan fingerprint density at radius 3 is 1.52 bits per heavy atom. The van der Waals surface area contributed by atoms with Gasteiger partial charge < -0.3 is 9.33 Å². The van der Waals surface area contributed by atoms with Gasteiger partial charge in [0, 0.05) is 6.04 Å². The van der Waals surface area contributed by atoms with Gasteiger partial charge in [-0.1, -0.05) is 90.4 Å². The van der Waals surface area contributed by atoms with Crippen LogP contribution in [0.15, 0.2) is 0 Å². The van der Waals surface area contributed by atoms with Crippen molar-refractivity contribution in [3.05, 3.63) is 0 Å². The van der Waals surface area contributed by atoms with E-state index in [-0.39, 0.29) is 5.60 Å². The molecule has 25 heavy (non-hydrogen) atoms. The molecule has 0 bridgehead atoms. The molecule has 2 nitrogen and oxygen atoms in total. The van der Waals surface area contributed by atoms with E-state index in [0.717, 1.165) is 6.42 Å². The van der Waals surface area contributed by atoms with E-state index in [9.17, 15) is 0 Å². The van der Waals surface area contributed by atoms with Crippen molar-refractivity contribution in [2.24, 2.45) is 0 Å². The van der Waals surface area contributed by atoms with Crippen molar-refractivity contribution in [1.29, 1.82) is 0 Å². The van der Waals surface area contributed by atoms with Crippen LogP contribution in [0, 0.1) is 0 Å². The topological polar surface area (TPSA) is 12.5 Å². The lowest BCUT2D eigenvalue weighted by Crippen LogP contribution is -2.37. The largest absolute Gasteiger partial charge is 0.414 e. The van der Waals surface area contributed by atoms with Gasteiger partial charge in [-0.15, -0.1) is 0 Å². The first-order valence-electron chi connectivity index (χ1n) is 10.9. The number of hydrogen-bond acceptors (Lipinski definition) is 2. The summed E-state index contributed by atoms with van der Waals surface area (Å²) >= 11 is 0. The molecule has 3 heteroatoms. The maximum atomic E-state index is 5.42. The quantitative estimate of drug-likeness (QED) is 0.198. The molecular weight excluding hydrogens is 322 g/mol. The third-order valence-corrected chi connectivity index (χ3v) is 5.93. The highest BCUT2D eigenvalue weighted by Gasteiger charge is 2.23. The molecule has 0 aliphatic carbocycles. The summed E-state index contributed by atoms with van der Waals surface area (Å²) in [6.07, 6.45) is 20.9. The molecule has 0 aliphatic heterocycles. The zero-order chi connectivity index (χ0) is 19.0. The first kappa shape index (κ1) is 25.1. The number of nitrogens with zero attached hydrogens (tertiary/aromatic N) is 1. The monoisotopic (exact) mass is 368 g/mol. The average molecular weight is 369 g/mol. The van der Waals surface area contributed by atoms with Gasteiger partial charge in [0.15, 0.2) is 0 Å². The maximum Gasteiger partial charge on any atom is 0.246 e. The molecule has 149 valence electrons. The fourth-order valence-corrected chi connectivity index (χ4v) is 3.63. The lowest BCUT2D eigenvalue weighted by atomic mass is 9.94. The molecule has 0 aromatic carbocycles. The summed E-state index contributed by atoms with van der Waals surface area (Å²) in [6, 6.07) is 0.610. The van der Waals surface area contributed by atoms with Gasteiger partial charge in [0.2, 0.25) is 10.5 Å². The van der Waals surface area contributed by atoms with Crippen LogP contribution in [0.4, 0.5) is 0 Å². The Balaban J connectivity index is 3.49. The van der Waals surface area contributed by atoms with E-state index >= 15 is 0 Å². The van der Waals surface area contributed by atoms with Gasteiger partial charge in [-0.3, -0.25) is 0 Å². The van der Waals surface area contributed by atoms with E-state index in [0.29, 0.717) is 6.04 Å². The summed E-state index contributed by atoms with van der Waals surface area (Å²) in [6.45, 7) is 6.60. The highest BCUT2D eigenvalue weighted by atomic mass is 28.2. The third kappa shape index (κ3) is 16.1. The van der Waals surface area contributed by atoms with E-state index in [2.05, 4.69) is 50.3 Å². The van der Waals surface area contributed by atoms with Crippen LogP contribution >= 0.6 is 0 Å². The van der Waals surface area contributed by atoms with Crippen LogP contribution in [-0.2, 0) is 4.43 Å². The first-order chi connectivity index (χ1) is 11.9. The number of unbranched alkanes of at least 4 members (excludes halogenated alkanes) is 12. The SMILES string of the molecule is CCCCCCCCCCCCCCCC(CC(C)(C)O[Si])N(C)C. The Kier molecular flexibility index (Phi) is 16.4. The fourth-order valence-electron chi connectivity index (χ4n) is 3.55. The molecule has 0 saturated heterocycles. The summed E-state index contributed by atoms with van der Waals surface area (Å²) in [5, 5.41) is 0. The van der Waals surface area contributed by atoms with E-state index in [1.165, 1.54) is 89.9 Å². The molecule has 0 aliphatic rings. The van der Waals surface area contributed by atoms with Crippen molar-refractivity contribution in [1.82, 2.24) is 4.90 Å². The molecule has 0 heterocycles. The molecule has 0 spiro atoms. The van der Waals surface area contributed by atoms with E-state index < -0.39 is 0 Å². The van der Waals surface area contributed by atoms with Gasteiger partial charge in [-0.05, 0) is 40.8 Å². The summed E-state index contributed by atoms with van der Waals surface area (Å²) in [7, 11) is 7.61. The van der Waals surface area contributed by atoms with Gasteiger partial charge in [0.1, 0.15) is 0 Å². The van der Waals surface area contributed by atoms with Gasteiger partial charge in [0.05, 0.1) is 5.60 Å². The minimum absolute atomic E-state index is 0.0949. The summed E-state index contributed by atoms with van der Waals surface area (Å²) in [4.78, 5) is 2.35. The first-order valence-corrected chi connectivity index (χ1v) is 11.3. The molecule has 0 aromatic rings. The highest BCUT2D eigenvalue weighted by Crippen LogP contribution is 2.22. The molecule has 1 unspecified atom stereocenters. The van der Waals surface area contributed by atoms with Crippen LogP contribution < -0.4 is 0 Å². The van der Waals surface area contributed by atoms with E-state index in [1.807, 2.05) is 0 Å². The Bertz CT molecular complexity index is 281. The second kappa shape index (κ2) is 16.3. The average Bonchev–Trinajstić information content (AvgIpc) is 2.57. The van der Waals surface area contributed by atoms with Gasteiger partial charge in [0.25, 0.3) is 0 Å². The number of rotatable bonds is 18. The molecule has 0 rings (SSSR count). The van der Waals surface area contributed by atoms with Crippen LogP contribution in [0.25, 0.3) is 0 Å². The summed E-state index contributed by atoms with van der Waals surface area (Å²) < 4.78 is 5.42. The van der Waals surface area contributed by atoms with Crippen LogP contribution in [-0.4, -0.2) is 41.1 Å². The second-order valence-electron chi connectivity index (χ2n) is 8.71. The van der Waals surface area contributed by atoms with Crippen LogP contribution in [0.3, 0.4) is 0 Å². The normalized spacial score (nSPS) is 13.6. The predicted molar refractivity (Wildman–Crippen MR) is 113 cm³/mol. The Morgan fingerprint density at radius 1 is 0.760 bits per heavy atom. The predicted octanol–water partition coefficient (Wildman–Crippen LogP) is 6.67. The van der Waals surface area contributed by atoms with Crippen molar-refractivity contribution in [3.8, 4) is 0 Å². The van der Waals surface area contributed by atoms with Crippen molar-refractivity contribution in [3.63, 3.8) is 0 Å². The Labute approximate surface area is 163 Å². The minimum Gasteiger partial charge on any atom is -0.414 e. The summed E-state index contributed by atoms with van der Waals surface area (Å²) in [5.74, 6) is 0. The molecule has 0 aromatic heterocycles. The lowest BCUT2D eigenvalue weighted by Gasteiger charge is -2.32. The van der Waals surface area contributed by atoms with Gasteiger partial charge >= 0.3 is 0 Å². The Morgan fingerprint density at radius 2 is 1.16 bits per heavy atom. The molecule has 0 N–H and O–H groups in total. The molecule has 0 fully saturated rings. The van der Waals surface area contributed by atoms with Crippen molar-refractivity contribution in [2.75, 3.05) is 14.1 Å². The van der Waals surface area contributed by atoms with Crippen LogP contribution in [0.1, 0.15) is 117 Å². The standard InChI is InChI=1S/C22H46NOSi/c1-6-7-8-9-10-11-12-13-14-15-16-17-18-19-21(23(4)5)20-22(2,3)24-25/h21H,6-20H2,1-5H3. The number of hydrogen-bond donors (Lipinski definition) is 0. The fraction of sp³-hybridized carbons (Fsp3) is 1.00. The van der Waals surface area contributed by atoms with Crippen molar-refractivity contribution >= 4 is 10.5 Å². The second-order valence-corrected chi connectivity index (χ2v) is 8.92. The zero-order valence-corrected chi connectivity index (χ0v) is 19.0. The van der Waals surface area contributed by atoms with Crippen molar-refractivity contribution in [2.45, 2.75) is 129 Å². The maximum absolute atomic E-state index is 5.42. The molecule has 0 saturated carbocycles. The van der Waals surface area contributed by atoms with Gasteiger partial charge in [-0.2, -0.15) is 0 Å². The van der Waals surface area contributed by atoms with Crippen LogP contribution in [0.5, 0.6) is 0 Å². The molecular formula is C22H46NOSi. The molecule has 1 atom stereocenters. The smallest absolute Gasteiger partial charge is 0.246 e. The minimum atomic E-state index is -0.0949. The highest BCUT2D eigenvalue weighted by molar-refractivity contribution is 5.98.